The first kappa shape index (κ1) is 22.2. The van der Waals surface area contributed by atoms with Crippen molar-refractivity contribution in [2.24, 2.45) is 0 Å². The zero-order chi connectivity index (χ0) is 23.3. The van der Waals surface area contributed by atoms with E-state index in [9.17, 15) is 4.79 Å². The summed E-state index contributed by atoms with van der Waals surface area (Å²) in [6.07, 6.45) is 1.44. The Bertz CT molecular complexity index is 1140. The molecule has 1 saturated heterocycles. The predicted octanol–water partition coefficient (Wildman–Crippen LogP) is 3.09. The summed E-state index contributed by atoms with van der Waals surface area (Å²) in [5.41, 5.74) is 2.43. The molecule has 34 heavy (non-hydrogen) atoms. The van der Waals surface area contributed by atoms with Gasteiger partial charge in [-0.25, -0.2) is 4.98 Å². The molecule has 0 unspecified atom stereocenters. The van der Waals surface area contributed by atoms with Gasteiger partial charge in [0, 0.05) is 31.7 Å². The van der Waals surface area contributed by atoms with Crippen molar-refractivity contribution >= 4 is 5.91 Å². The number of oxazole rings is 1. The van der Waals surface area contributed by atoms with E-state index in [1.807, 2.05) is 42.5 Å². The van der Waals surface area contributed by atoms with Crippen molar-refractivity contribution in [3.05, 3.63) is 71.4 Å². The topological polar surface area (TPSA) is 86.5 Å². The molecule has 5 rings (SSSR count). The zero-order valence-corrected chi connectivity index (χ0v) is 19.1. The molecule has 9 nitrogen and oxygen atoms in total. The van der Waals surface area contributed by atoms with Crippen LogP contribution in [0.1, 0.15) is 27.5 Å². The van der Waals surface area contributed by atoms with Crippen molar-refractivity contribution in [2.75, 3.05) is 40.2 Å². The highest BCUT2D eigenvalue weighted by Gasteiger charge is 2.23. The zero-order valence-electron chi connectivity index (χ0n) is 19.1. The number of amides is 1. The maximum atomic E-state index is 12.8. The molecule has 0 bridgehead atoms. The van der Waals surface area contributed by atoms with E-state index in [0.717, 1.165) is 28.4 Å². The molecule has 1 amide bonds. The van der Waals surface area contributed by atoms with Gasteiger partial charge < -0.3 is 28.3 Å². The van der Waals surface area contributed by atoms with Gasteiger partial charge in [0.15, 0.2) is 17.2 Å². The first-order chi connectivity index (χ1) is 16.7. The number of fused-ring (bicyclic) bond motifs is 1. The number of aromatic nitrogens is 1. The predicted molar refractivity (Wildman–Crippen MR) is 122 cm³/mol. The number of hydrogen-bond acceptors (Lipinski definition) is 8. The van der Waals surface area contributed by atoms with Gasteiger partial charge >= 0.3 is 0 Å². The number of rotatable bonds is 8. The Labute approximate surface area is 197 Å². The molecule has 178 valence electrons. The molecule has 3 aromatic rings. The second-order valence-electron chi connectivity index (χ2n) is 8.18. The molecule has 9 heteroatoms. The number of carbonyl (C=O) groups excluding carboxylic acids is 1. The van der Waals surface area contributed by atoms with E-state index in [0.29, 0.717) is 57.5 Å². The van der Waals surface area contributed by atoms with Crippen LogP contribution in [0, 0.1) is 0 Å². The minimum atomic E-state index is -0.134. The van der Waals surface area contributed by atoms with Crippen LogP contribution in [0.5, 0.6) is 17.2 Å². The molecule has 3 heterocycles. The molecule has 2 aliphatic rings. The minimum Gasteiger partial charge on any atom is -0.496 e. The van der Waals surface area contributed by atoms with Crippen LogP contribution in [0.15, 0.2) is 53.1 Å². The average molecular weight is 466 g/mol. The highest BCUT2D eigenvalue weighted by molar-refractivity contribution is 5.92. The van der Waals surface area contributed by atoms with E-state index < -0.39 is 0 Å². The average Bonchev–Trinajstić information content (AvgIpc) is 3.54. The summed E-state index contributed by atoms with van der Waals surface area (Å²) < 4.78 is 27.6. The summed E-state index contributed by atoms with van der Waals surface area (Å²) in [7, 11) is 1.67. The molecule has 0 spiro atoms. The number of nitrogens with zero attached hydrogens (tertiary/aromatic N) is 3. The molecule has 0 radical (unpaired) electrons. The summed E-state index contributed by atoms with van der Waals surface area (Å²) in [5.74, 6) is 2.65. The molecular formula is C25H27N3O6. The molecule has 0 atom stereocenters. The highest BCUT2D eigenvalue weighted by atomic mass is 16.7. The third-order valence-corrected chi connectivity index (χ3v) is 5.86. The van der Waals surface area contributed by atoms with E-state index in [1.165, 1.54) is 6.26 Å². The van der Waals surface area contributed by atoms with Crippen LogP contribution in [-0.4, -0.2) is 60.9 Å². The summed E-state index contributed by atoms with van der Waals surface area (Å²) in [5, 5.41) is 0. The van der Waals surface area contributed by atoms with Crippen LogP contribution in [0.3, 0.4) is 0 Å². The Morgan fingerprint density at radius 2 is 1.88 bits per heavy atom. The second kappa shape index (κ2) is 10.1. The molecule has 0 N–H and O–H groups in total. The summed E-state index contributed by atoms with van der Waals surface area (Å²) >= 11 is 0. The summed E-state index contributed by atoms with van der Waals surface area (Å²) in [6.45, 7) is 4.08. The number of ether oxygens (including phenoxy) is 4. The van der Waals surface area contributed by atoms with Crippen molar-refractivity contribution in [1.82, 2.24) is 14.8 Å². The van der Waals surface area contributed by atoms with Crippen LogP contribution in [0.4, 0.5) is 0 Å². The molecule has 2 aromatic carbocycles. The fourth-order valence-electron chi connectivity index (χ4n) is 4.14. The largest absolute Gasteiger partial charge is 0.496 e. The van der Waals surface area contributed by atoms with Gasteiger partial charge in [0.25, 0.3) is 5.91 Å². The van der Waals surface area contributed by atoms with Crippen molar-refractivity contribution in [2.45, 2.75) is 19.6 Å². The van der Waals surface area contributed by atoms with E-state index >= 15 is 0 Å². The quantitative estimate of drug-likeness (QED) is 0.502. The smallest absolute Gasteiger partial charge is 0.275 e. The van der Waals surface area contributed by atoms with Gasteiger partial charge in [-0.05, 0) is 23.8 Å². The lowest BCUT2D eigenvalue weighted by Crippen LogP contribution is -2.40. The van der Waals surface area contributed by atoms with Crippen molar-refractivity contribution in [3.8, 4) is 17.2 Å². The van der Waals surface area contributed by atoms with Gasteiger partial charge in [-0.2, -0.15) is 0 Å². The number of methoxy groups -OCH3 is 1. The SMILES string of the molecule is COc1ccccc1CN(Cc1ccc2c(c1)OCO2)Cc1nc(C(=O)N2CCOCC2)co1. The normalized spacial score (nSPS) is 15.1. The van der Waals surface area contributed by atoms with E-state index in [1.54, 1.807) is 12.0 Å². The monoisotopic (exact) mass is 465 g/mol. The Kier molecular flexibility index (Phi) is 6.64. The molecule has 0 aliphatic carbocycles. The van der Waals surface area contributed by atoms with Crippen LogP contribution in [-0.2, 0) is 24.4 Å². The van der Waals surface area contributed by atoms with E-state index in [-0.39, 0.29) is 12.7 Å². The molecule has 0 saturated carbocycles. The number of benzene rings is 2. The number of hydrogen-bond donors (Lipinski definition) is 0. The molecule has 1 aromatic heterocycles. The summed E-state index contributed by atoms with van der Waals surface area (Å²) in [4.78, 5) is 21.2. The first-order valence-corrected chi connectivity index (χ1v) is 11.2. The van der Waals surface area contributed by atoms with Crippen LogP contribution in [0.2, 0.25) is 0 Å². The Morgan fingerprint density at radius 1 is 1.06 bits per heavy atom. The van der Waals surface area contributed by atoms with Crippen LogP contribution < -0.4 is 14.2 Å². The lowest BCUT2D eigenvalue weighted by molar-refractivity contribution is 0.0299. The van der Waals surface area contributed by atoms with E-state index in [2.05, 4.69) is 9.88 Å². The van der Waals surface area contributed by atoms with Gasteiger partial charge in [-0.3, -0.25) is 9.69 Å². The standard InChI is InChI=1S/C25H27N3O6/c1-30-21-5-3-2-4-19(21)14-27(13-18-6-7-22-23(12-18)34-17-33-22)15-24-26-20(16-32-24)25(29)28-8-10-31-11-9-28/h2-7,12,16H,8-11,13-15,17H2,1H3. The van der Waals surface area contributed by atoms with Crippen molar-refractivity contribution in [3.63, 3.8) is 0 Å². The number of carbonyl (C=O) groups is 1. The van der Waals surface area contributed by atoms with Gasteiger partial charge in [-0.1, -0.05) is 24.3 Å². The number of para-hydroxylation sites is 1. The highest BCUT2D eigenvalue weighted by Crippen LogP contribution is 2.33. The lowest BCUT2D eigenvalue weighted by atomic mass is 10.1. The van der Waals surface area contributed by atoms with Crippen molar-refractivity contribution in [1.29, 1.82) is 0 Å². The second-order valence-corrected chi connectivity index (χ2v) is 8.18. The van der Waals surface area contributed by atoms with E-state index in [4.69, 9.17) is 23.4 Å². The molecule has 2 aliphatic heterocycles. The number of morpholine rings is 1. The Balaban J connectivity index is 1.35. The third-order valence-electron chi connectivity index (χ3n) is 5.86. The maximum absolute atomic E-state index is 12.8. The van der Waals surface area contributed by atoms with Gasteiger partial charge in [-0.15, -0.1) is 0 Å². The Morgan fingerprint density at radius 3 is 2.74 bits per heavy atom. The van der Waals surface area contributed by atoms with Gasteiger partial charge in [0.1, 0.15) is 12.0 Å². The summed E-state index contributed by atoms with van der Waals surface area (Å²) in [6, 6.07) is 13.8. The lowest BCUT2D eigenvalue weighted by Gasteiger charge is -2.25. The maximum Gasteiger partial charge on any atom is 0.275 e. The minimum absolute atomic E-state index is 0.134. The fourth-order valence-corrected chi connectivity index (χ4v) is 4.14. The van der Waals surface area contributed by atoms with Gasteiger partial charge in [0.05, 0.1) is 26.9 Å². The van der Waals surface area contributed by atoms with Gasteiger partial charge in [0.2, 0.25) is 12.7 Å². The third kappa shape index (κ3) is 5.00. The van der Waals surface area contributed by atoms with Crippen LogP contribution >= 0.6 is 0 Å². The molecular weight excluding hydrogens is 438 g/mol. The van der Waals surface area contributed by atoms with Crippen LogP contribution in [0.25, 0.3) is 0 Å². The Hall–Kier alpha value is -3.56. The van der Waals surface area contributed by atoms with Crippen molar-refractivity contribution < 1.29 is 28.2 Å². The first-order valence-electron chi connectivity index (χ1n) is 11.2. The fraction of sp³-hybridized carbons (Fsp3) is 0.360. The molecule has 1 fully saturated rings.